The zero-order valence-electron chi connectivity index (χ0n) is 11.2. The number of halogens is 2. The fourth-order valence-corrected chi connectivity index (χ4v) is 1.79. The van der Waals surface area contributed by atoms with E-state index in [1.165, 1.54) is 0 Å². The molecule has 0 saturated carbocycles. The van der Waals surface area contributed by atoms with E-state index >= 15 is 0 Å². The van der Waals surface area contributed by atoms with E-state index < -0.39 is 0 Å². The van der Waals surface area contributed by atoms with Crippen LogP contribution in [0.1, 0.15) is 27.2 Å². The van der Waals surface area contributed by atoms with Crippen LogP contribution in [0.2, 0.25) is 10.0 Å². The standard InChI is InChI=1S/C14H21Cl2NO/c1-4-7-17-9-14(2,3)10-18-11-5-6-12(15)13(16)8-11/h5-6,8,17H,4,7,9-10H2,1-3H3. The maximum atomic E-state index is 5.94. The molecule has 1 aromatic carbocycles. The van der Waals surface area contributed by atoms with Crippen molar-refractivity contribution in [2.45, 2.75) is 27.2 Å². The molecule has 1 rings (SSSR count). The zero-order chi connectivity index (χ0) is 13.6. The third-order valence-corrected chi connectivity index (χ3v) is 3.29. The Morgan fingerprint density at radius 2 is 1.94 bits per heavy atom. The van der Waals surface area contributed by atoms with Crippen molar-refractivity contribution in [3.63, 3.8) is 0 Å². The lowest BCUT2D eigenvalue weighted by molar-refractivity contribution is 0.176. The molecule has 0 amide bonds. The van der Waals surface area contributed by atoms with Gasteiger partial charge in [0, 0.05) is 18.0 Å². The molecular formula is C14H21Cl2NO. The van der Waals surface area contributed by atoms with Crippen molar-refractivity contribution in [1.29, 1.82) is 0 Å². The van der Waals surface area contributed by atoms with Crippen LogP contribution >= 0.6 is 23.2 Å². The van der Waals surface area contributed by atoms with E-state index in [0.29, 0.717) is 16.7 Å². The molecule has 0 fully saturated rings. The van der Waals surface area contributed by atoms with Crippen molar-refractivity contribution in [2.75, 3.05) is 19.7 Å². The minimum atomic E-state index is 0.0846. The topological polar surface area (TPSA) is 21.3 Å². The molecule has 0 radical (unpaired) electrons. The lowest BCUT2D eigenvalue weighted by atomic mass is 9.95. The van der Waals surface area contributed by atoms with Crippen LogP contribution in [0.5, 0.6) is 5.75 Å². The maximum Gasteiger partial charge on any atom is 0.120 e. The van der Waals surface area contributed by atoms with Gasteiger partial charge in [-0.1, -0.05) is 44.0 Å². The van der Waals surface area contributed by atoms with Gasteiger partial charge >= 0.3 is 0 Å². The van der Waals surface area contributed by atoms with E-state index in [9.17, 15) is 0 Å². The van der Waals surface area contributed by atoms with Gasteiger partial charge in [-0.05, 0) is 25.1 Å². The molecule has 18 heavy (non-hydrogen) atoms. The lowest BCUT2D eigenvalue weighted by Crippen LogP contribution is -2.34. The molecule has 0 aliphatic rings. The number of rotatable bonds is 7. The lowest BCUT2D eigenvalue weighted by Gasteiger charge is -2.25. The quantitative estimate of drug-likeness (QED) is 0.752. The van der Waals surface area contributed by atoms with E-state index in [2.05, 4.69) is 26.1 Å². The maximum absolute atomic E-state index is 5.94. The molecule has 0 aromatic heterocycles. The highest BCUT2D eigenvalue weighted by atomic mass is 35.5. The number of nitrogens with one attached hydrogen (secondary N) is 1. The molecule has 0 atom stereocenters. The molecule has 1 N–H and O–H groups in total. The Morgan fingerprint density at radius 3 is 2.56 bits per heavy atom. The summed E-state index contributed by atoms with van der Waals surface area (Å²) in [5.41, 5.74) is 0.0846. The van der Waals surface area contributed by atoms with Crippen molar-refractivity contribution in [2.24, 2.45) is 5.41 Å². The molecule has 0 heterocycles. The van der Waals surface area contributed by atoms with Crippen LogP contribution in [0.4, 0.5) is 0 Å². The van der Waals surface area contributed by atoms with Gasteiger partial charge in [0.15, 0.2) is 0 Å². The second kappa shape index (κ2) is 7.22. The Balaban J connectivity index is 2.45. The van der Waals surface area contributed by atoms with E-state index in [-0.39, 0.29) is 5.41 Å². The van der Waals surface area contributed by atoms with Crippen molar-refractivity contribution in [1.82, 2.24) is 5.32 Å². The van der Waals surface area contributed by atoms with Crippen LogP contribution in [-0.4, -0.2) is 19.7 Å². The van der Waals surface area contributed by atoms with Gasteiger partial charge in [-0.3, -0.25) is 0 Å². The Morgan fingerprint density at radius 1 is 1.22 bits per heavy atom. The minimum Gasteiger partial charge on any atom is -0.493 e. The van der Waals surface area contributed by atoms with Crippen LogP contribution in [0, 0.1) is 5.41 Å². The van der Waals surface area contributed by atoms with Gasteiger partial charge in [-0.25, -0.2) is 0 Å². The summed E-state index contributed by atoms with van der Waals surface area (Å²) >= 11 is 11.8. The van der Waals surface area contributed by atoms with Gasteiger partial charge in [0.25, 0.3) is 0 Å². The highest BCUT2D eigenvalue weighted by molar-refractivity contribution is 6.42. The average Bonchev–Trinajstić information content (AvgIpc) is 2.31. The predicted molar refractivity (Wildman–Crippen MR) is 78.9 cm³/mol. The SMILES string of the molecule is CCCNCC(C)(C)COc1ccc(Cl)c(Cl)c1. The Kier molecular flexibility index (Phi) is 6.27. The van der Waals surface area contributed by atoms with Crippen molar-refractivity contribution in [3.8, 4) is 5.75 Å². The van der Waals surface area contributed by atoms with Gasteiger partial charge in [0.1, 0.15) is 5.75 Å². The summed E-state index contributed by atoms with van der Waals surface area (Å²) in [5.74, 6) is 0.757. The van der Waals surface area contributed by atoms with Gasteiger partial charge in [0.2, 0.25) is 0 Å². The summed E-state index contributed by atoms with van der Waals surface area (Å²) in [6, 6.07) is 5.34. The summed E-state index contributed by atoms with van der Waals surface area (Å²) < 4.78 is 5.75. The Labute approximate surface area is 120 Å². The van der Waals surface area contributed by atoms with Gasteiger partial charge < -0.3 is 10.1 Å². The predicted octanol–water partition coefficient (Wildman–Crippen LogP) is 4.40. The number of ether oxygens (including phenoxy) is 1. The van der Waals surface area contributed by atoms with Crippen molar-refractivity contribution in [3.05, 3.63) is 28.2 Å². The molecule has 0 aliphatic heterocycles. The number of benzene rings is 1. The first-order chi connectivity index (χ1) is 8.44. The third kappa shape index (κ3) is 5.47. The molecule has 1 aromatic rings. The Bertz CT molecular complexity index is 380. The molecule has 0 bridgehead atoms. The summed E-state index contributed by atoms with van der Waals surface area (Å²) in [5, 5.41) is 4.48. The minimum absolute atomic E-state index is 0.0846. The summed E-state index contributed by atoms with van der Waals surface area (Å²) in [4.78, 5) is 0. The monoisotopic (exact) mass is 289 g/mol. The highest BCUT2D eigenvalue weighted by Gasteiger charge is 2.18. The van der Waals surface area contributed by atoms with Crippen LogP contribution in [0.15, 0.2) is 18.2 Å². The fraction of sp³-hybridized carbons (Fsp3) is 0.571. The molecule has 0 unspecified atom stereocenters. The summed E-state index contributed by atoms with van der Waals surface area (Å²) in [7, 11) is 0. The van der Waals surface area contributed by atoms with Crippen LogP contribution in [0.3, 0.4) is 0 Å². The molecule has 0 saturated heterocycles. The van der Waals surface area contributed by atoms with Gasteiger partial charge in [-0.15, -0.1) is 0 Å². The van der Waals surface area contributed by atoms with Gasteiger partial charge in [-0.2, -0.15) is 0 Å². The van der Waals surface area contributed by atoms with Crippen LogP contribution in [0.25, 0.3) is 0 Å². The normalized spacial score (nSPS) is 11.6. The molecule has 0 spiro atoms. The van der Waals surface area contributed by atoms with E-state index in [1.807, 2.05) is 6.07 Å². The second-order valence-corrected chi connectivity index (χ2v) is 6.02. The first-order valence-electron chi connectivity index (χ1n) is 6.23. The smallest absolute Gasteiger partial charge is 0.120 e. The third-order valence-electron chi connectivity index (χ3n) is 2.55. The number of hydrogen-bond acceptors (Lipinski definition) is 2. The zero-order valence-corrected chi connectivity index (χ0v) is 12.7. The first kappa shape index (κ1) is 15.6. The Hall–Kier alpha value is -0.440. The second-order valence-electron chi connectivity index (χ2n) is 5.21. The van der Waals surface area contributed by atoms with Gasteiger partial charge in [0.05, 0.1) is 16.7 Å². The highest BCUT2D eigenvalue weighted by Crippen LogP contribution is 2.27. The largest absolute Gasteiger partial charge is 0.493 e. The molecule has 2 nitrogen and oxygen atoms in total. The molecular weight excluding hydrogens is 269 g/mol. The average molecular weight is 290 g/mol. The molecule has 102 valence electrons. The van der Waals surface area contributed by atoms with E-state index in [1.54, 1.807) is 12.1 Å². The molecule has 0 aliphatic carbocycles. The fourth-order valence-electron chi connectivity index (χ4n) is 1.50. The van der Waals surface area contributed by atoms with E-state index in [4.69, 9.17) is 27.9 Å². The number of hydrogen-bond donors (Lipinski definition) is 1. The van der Waals surface area contributed by atoms with Crippen LogP contribution < -0.4 is 10.1 Å². The van der Waals surface area contributed by atoms with Crippen molar-refractivity contribution < 1.29 is 4.74 Å². The summed E-state index contributed by atoms with van der Waals surface area (Å²) in [6.45, 7) is 9.12. The van der Waals surface area contributed by atoms with E-state index in [0.717, 1.165) is 25.3 Å². The van der Waals surface area contributed by atoms with Crippen LogP contribution in [-0.2, 0) is 0 Å². The molecule has 4 heteroatoms. The first-order valence-corrected chi connectivity index (χ1v) is 6.99. The summed E-state index contributed by atoms with van der Waals surface area (Å²) in [6.07, 6.45) is 1.14. The van der Waals surface area contributed by atoms with Crippen molar-refractivity contribution >= 4 is 23.2 Å².